The summed E-state index contributed by atoms with van der Waals surface area (Å²) in [5.41, 5.74) is 2.59. The van der Waals surface area contributed by atoms with E-state index in [0.717, 1.165) is 24.0 Å². The molecule has 1 aliphatic rings. The Bertz CT molecular complexity index is 948. The van der Waals surface area contributed by atoms with Gasteiger partial charge in [0, 0.05) is 31.1 Å². The van der Waals surface area contributed by atoms with E-state index < -0.39 is 0 Å². The van der Waals surface area contributed by atoms with Crippen LogP contribution in [0.15, 0.2) is 36.4 Å². The molecule has 0 aromatic heterocycles. The fourth-order valence-electron chi connectivity index (χ4n) is 4.29. The number of likely N-dealkylation sites (tertiary alicyclic amines) is 1. The van der Waals surface area contributed by atoms with Crippen molar-refractivity contribution in [2.45, 2.75) is 32.6 Å². The molecule has 0 aliphatic carbocycles. The van der Waals surface area contributed by atoms with Crippen molar-refractivity contribution in [1.29, 1.82) is 0 Å². The maximum atomic E-state index is 13.2. The third kappa shape index (κ3) is 5.41. The van der Waals surface area contributed by atoms with E-state index in [1.54, 1.807) is 26.2 Å². The maximum Gasteiger partial charge on any atom is 0.253 e. The van der Waals surface area contributed by atoms with E-state index in [4.69, 9.17) is 14.2 Å². The van der Waals surface area contributed by atoms with Crippen molar-refractivity contribution in [1.82, 2.24) is 10.2 Å². The van der Waals surface area contributed by atoms with E-state index >= 15 is 0 Å². The predicted molar refractivity (Wildman–Crippen MR) is 127 cm³/mol. The van der Waals surface area contributed by atoms with Crippen LogP contribution in [-0.2, 0) is 4.79 Å². The molecule has 2 aromatic rings. The Morgan fingerprint density at radius 1 is 1.00 bits per heavy atom. The van der Waals surface area contributed by atoms with Gasteiger partial charge in [-0.25, -0.2) is 0 Å². The molecule has 0 bridgehead atoms. The van der Waals surface area contributed by atoms with Gasteiger partial charge in [0.05, 0.1) is 27.2 Å². The van der Waals surface area contributed by atoms with Crippen LogP contribution in [0.5, 0.6) is 17.2 Å². The summed E-state index contributed by atoms with van der Waals surface area (Å²) in [5, 5.41) is 3.05. The number of nitrogens with zero attached hydrogens (tertiary/aromatic N) is 1. The van der Waals surface area contributed by atoms with Crippen molar-refractivity contribution in [3.8, 4) is 17.2 Å². The second kappa shape index (κ2) is 11.1. The van der Waals surface area contributed by atoms with Gasteiger partial charge >= 0.3 is 0 Å². The molecule has 2 unspecified atom stereocenters. The first kappa shape index (κ1) is 24.4. The zero-order chi connectivity index (χ0) is 24.0. The summed E-state index contributed by atoms with van der Waals surface area (Å²) < 4.78 is 16.5. The van der Waals surface area contributed by atoms with E-state index in [-0.39, 0.29) is 23.7 Å². The number of carbonyl (C=O) groups excluding carboxylic acids is 2. The van der Waals surface area contributed by atoms with Crippen LogP contribution in [0.25, 0.3) is 0 Å². The largest absolute Gasteiger partial charge is 0.493 e. The van der Waals surface area contributed by atoms with Gasteiger partial charge in [0.15, 0.2) is 11.5 Å². The second-order valence-electron chi connectivity index (χ2n) is 8.39. The van der Waals surface area contributed by atoms with Crippen LogP contribution in [0.3, 0.4) is 0 Å². The van der Waals surface area contributed by atoms with Crippen LogP contribution >= 0.6 is 0 Å². The summed E-state index contributed by atoms with van der Waals surface area (Å²) in [4.78, 5) is 28.2. The molecule has 1 N–H and O–H groups in total. The van der Waals surface area contributed by atoms with E-state index in [1.165, 1.54) is 0 Å². The fraction of sp³-hybridized carbons (Fsp3) is 0.462. The van der Waals surface area contributed by atoms with Crippen molar-refractivity contribution in [3.63, 3.8) is 0 Å². The lowest BCUT2D eigenvalue weighted by Gasteiger charge is -2.21. The molecule has 7 nitrogen and oxygen atoms in total. The van der Waals surface area contributed by atoms with E-state index in [9.17, 15) is 9.59 Å². The zero-order valence-corrected chi connectivity index (χ0v) is 20.1. The number of hydrogen-bond acceptors (Lipinski definition) is 5. The number of benzene rings is 2. The minimum absolute atomic E-state index is 0.0404. The van der Waals surface area contributed by atoms with Gasteiger partial charge in [-0.15, -0.1) is 0 Å². The number of hydrogen-bond donors (Lipinski definition) is 1. The SMILES string of the molecule is CCCCNC(=O)C1CN(C(=O)c2ccc(C)cc2)CC1c1cc(OC)c(OC)c(OC)c1. The van der Waals surface area contributed by atoms with Crippen LogP contribution in [0.4, 0.5) is 0 Å². The molecule has 0 saturated carbocycles. The van der Waals surface area contributed by atoms with Crippen molar-refractivity contribution in [2.24, 2.45) is 5.92 Å². The number of rotatable bonds is 9. The molecule has 7 heteroatoms. The third-order valence-corrected chi connectivity index (χ3v) is 6.19. The molecule has 3 rings (SSSR count). The lowest BCUT2D eigenvalue weighted by Crippen LogP contribution is -2.36. The molecular formula is C26H34N2O5. The second-order valence-corrected chi connectivity index (χ2v) is 8.39. The number of carbonyl (C=O) groups is 2. The van der Waals surface area contributed by atoms with E-state index in [1.807, 2.05) is 43.3 Å². The Morgan fingerprint density at radius 3 is 2.18 bits per heavy atom. The number of unbranched alkanes of at least 4 members (excludes halogenated alkanes) is 1. The number of nitrogens with one attached hydrogen (secondary N) is 1. The van der Waals surface area contributed by atoms with Crippen LogP contribution in [0.2, 0.25) is 0 Å². The predicted octanol–water partition coefficient (Wildman–Crippen LogP) is 3.79. The van der Waals surface area contributed by atoms with Crippen molar-refractivity contribution >= 4 is 11.8 Å². The van der Waals surface area contributed by atoms with Crippen molar-refractivity contribution in [3.05, 3.63) is 53.1 Å². The molecule has 1 saturated heterocycles. The average Bonchev–Trinajstić information content (AvgIpc) is 3.28. The normalized spacial score (nSPS) is 17.5. The molecule has 33 heavy (non-hydrogen) atoms. The Morgan fingerprint density at radius 2 is 1.64 bits per heavy atom. The van der Waals surface area contributed by atoms with E-state index in [0.29, 0.717) is 42.4 Å². The van der Waals surface area contributed by atoms with Gasteiger partial charge in [-0.2, -0.15) is 0 Å². The minimum Gasteiger partial charge on any atom is -0.493 e. The molecule has 2 amide bonds. The number of amides is 2. The van der Waals surface area contributed by atoms with Gasteiger partial charge in [-0.1, -0.05) is 31.0 Å². The van der Waals surface area contributed by atoms with Crippen LogP contribution < -0.4 is 19.5 Å². The Kier molecular flexibility index (Phi) is 8.20. The monoisotopic (exact) mass is 454 g/mol. The third-order valence-electron chi connectivity index (χ3n) is 6.19. The fourth-order valence-corrected chi connectivity index (χ4v) is 4.29. The van der Waals surface area contributed by atoms with Crippen molar-refractivity contribution < 1.29 is 23.8 Å². The van der Waals surface area contributed by atoms with E-state index in [2.05, 4.69) is 12.2 Å². The number of aryl methyl sites for hydroxylation is 1. The lowest BCUT2D eigenvalue weighted by atomic mass is 9.88. The van der Waals surface area contributed by atoms with Gasteiger partial charge in [-0.05, 0) is 43.2 Å². The Balaban J connectivity index is 1.94. The molecule has 2 aromatic carbocycles. The van der Waals surface area contributed by atoms with Gasteiger partial charge in [-0.3, -0.25) is 9.59 Å². The summed E-state index contributed by atoms with van der Waals surface area (Å²) >= 11 is 0. The molecule has 0 radical (unpaired) electrons. The standard InChI is InChI=1S/C26H34N2O5/c1-6-7-12-27-25(29)21-16-28(26(30)18-10-8-17(2)9-11-18)15-20(21)19-13-22(31-3)24(33-5)23(14-19)32-4/h8-11,13-14,20-21H,6-7,12,15-16H2,1-5H3,(H,27,29). The first-order chi connectivity index (χ1) is 15.9. The molecule has 178 valence electrons. The van der Waals surface area contributed by atoms with Crippen molar-refractivity contribution in [2.75, 3.05) is 41.0 Å². The first-order valence-corrected chi connectivity index (χ1v) is 11.4. The molecule has 0 spiro atoms. The summed E-state index contributed by atoms with van der Waals surface area (Å²) in [7, 11) is 4.69. The molecule has 1 fully saturated rings. The quantitative estimate of drug-likeness (QED) is 0.584. The zero-order valence-electron chi connectivity index (χ0n) is 20.1. The molecular weight excluding hydrogens is 420 g/mol. The highest BCUT2D eigenvalue weighted by atomic mass is 16.5. The number of methoxy groups -OCH3 is 3. The highest BCUT2D eigenvalue weighted by Gasteiger charge is 2.41. The molecule has 1 heterocycles. The van der Waals surface area contributed by atoms with Gasteiger partial charge < -0.3 is 24.4 Å². The van der Waals surface area contributed by atoms with Crippen LogP contribution in [0.1, 0.15) is 47.2 Å². The summed E-state index contributed by atoms with van der Waals surface area (Å²) in [6.45, 7) is 5.48. The molecule has 2 atom stereocenters. The first-order valence-electron chi connectivity index (χ1n) is 11.4. The van der Waals surface area contributed by atoms with Crippen LogP contribution in [-0.4, -0.2) is 57.7 Å². The maximum absolute atomic E-state index is 13.2. The smallest absolute Gasteiger partial charge is 0.253 e. The highest BCUT2D eigenvalue weighted by Crippen LogP contribution is 2.43. The minimum atomic E-state index is -0.376. The Hall–Kier alpha value is -3.22. The lowest BCUT2D eigenvalue weighted by molar-refractivity contribution is -0.124. The Labute approximate surface area is 196 Å². The highest BCUT2D eigenvalue weighted by molar-refractivity contribution is 5.95. The average molecular weight is 455 g/mol. The van der Waals surface area contributed by atoms with Crippen LogP contribution in [0, 0.1) is 12.8 Å². The number of ether oxygens (including phenoxy) is 3. The van der Waals surface area contributed by atoms with Gasteiger partial charge in [0.2, 0.25) is 11.7 Å². The summed E-state index contributed by atoms with van der Waals surface area (Å²) in [6.07, 6.45) is 1.92. The summed E-state index contributed by atoms with van der Waals surface area (Å²) in [5.74, 6) is 0.866. The molecule has 1 aliphatic heterocycles. The van der Waals surface area contributed by atoms with Gasteiger partial charge in [0.25, 0.3) is 5.91 Å². The summed E-state index contributed by atoms with van der Waals surface area (Å²) in [6, 6.07) is 11.3. The topological polar surface area (TPSA) is 77.1 Å². The van der Waals surface area contributed by atoms with Gasteiger partial charge in [0.1, 0.15) is 0 Å².